The van der Waals surface area contributed by atoms with Gasteiger partial charge in [-0.05, 0) is 30.3 Å². The minimum Gasteiger partial charge on any atom is -0.467 e. The molecule has 0 unspecified atom stereocenters. The monoisotopic (exact) mass is 396 g/mol. The standard InChI is InChI=1S/C18H13BrN4O2/c19-15-5-3-12(4-6-15)17-14(10-22-23-17)8-13(9-20)18(24)21-11-16-2-1-7-25-16/h1-8,10H,11H2,(H,21,24)(H,22,23)/b13-8+. The van der Waals surface area contributed by atoms with Crippen LogP contribution in [0.5, 0.6) is 0 Å². The molecule has 6 nitrogen and oxygen atoms in total. The van der Waals surface area contributed by atoms with Gasteiger partial charge in [0.1, 0.15) is 17.4 Å². The largest absolute Gasteiger partial charge is 0.467 e. The number of carbonyl (C=O) groups is 1. The summed E-state index contributed by atoms with van der Waals surface area (Å²) in [4.78, 5) is 12.2. The van der Waals surface area contributed by atoms with E-state index in [2.05, 4.69) is 31.4 Å². The quantitative estimate of drug-likeness (QED) is 0.508. The summed E-state index contributed by atoms with van der Waals surface area (Å²) in [7, 11) is 0. The number of halogens is 1. The molecular weight excluding hydrogens is 384 g/mol. The van der Waals surface area contributed by atoms with E-state index in [0.717, 1.165) is 15.7 Å². The summed E-state index contributed by atoms with van der Waals surface area (Å²) in [5, 5.41) is 18.9. The molecule has 0 saturated carbocycles. The second kappa shape index (κ2) is 7.64. The van der Waals surface area contributed by atoms with Crippen LogP contribution in [0.25, 0.3) is 17.3 Å². The Balaban J connectivity index is 1.81. The average molecular weight is 397 g/mol. The van der Waals surface area contributed by atoms with Gasteiger partial charge in [-0.3, -0.25) is 9.89 Å². The highest BCUT2D eigenvalue weighted by atomic mass is 79.9. The molecule has 0 saturated heterocycles. The number of hydrogen-bond donors (Lipinski definition) is 2. The lowest BCUT2D eigenvalue weighted by Gasteiger charge is -2.03. The Morgan fingerprint density at radius 1 is 1.36 bits per heavy atom. The van der Waals surface area contributed by atoms with Crippen LogP contribution < -0.4 is 5.32 Å². The van der Waals surface area contributed by atoms with Crippen LogP contribution in [0.2, 0.25) is 0 Å². The second-order valence-electron chi connectivity index (χ2n) is 5.14. The van der Waals surface area contributed by atoms with E-state index < -0.39 is 5.91 Å². The lowest BCUT2D eigenvalue weighted by Crippen LogP contribution is -2.23. The predicted molar refractivity (Wildman–Crippen MR) is 95.9 cm³/mol. The summed E-state index contributed by atoms with van der Waals surface area (Å²) in [6, 6.07) is 13.1. The summed E-state index contributed by atoms with van der Waals surface area (Å²) in [5.74, 6) is 0.145. The molecule has 0 radical (unpaired) electrons. The van der Waals surface area contributed by atoms with Crippen molar-refractivity contribution in [3.05, 3.63) is 70.2 Å². The first kappa shape index (κ1) is 16.7. The number of benzene rings is 1. The summed E-state index contributed by atoms with van der Waals surface area (Å²) >= 11 is 3.39. The van der Waals surface area contributed by atoms with Gasteiger partial charge in [0, 0.05) is 15.6 Å². The number of carbonyl (C=O) groups excluding carboxylic acids is 1. The zero-order valence-electron chi connectivity index (χ0n) is 13.0. The number of furan rings is 1. The molecule has 0 aliphatic heterocycles. The van der Waals surface area contributed by atoms with E-state index in [4.69, 9.17) is 4.42 Å². The second-order valence-corrected chi connectivity index (χ2v) is 6.05. The van der Waals surface area contributed by atoms with Crippen LogP contribution in [0, 0.1) is 11.3 Å². The first-order chi connectivity index (χ1) is 12.2. The summed E-state index contributed by atoms with van der Waals surface area (Å²) < 4.78 is 6.11. The highest BCUT2D eigenvalue weighted by Crippen LogP contribution is 2.24. The van der Waals surface area contributed by atoms with Crippen LogP contribution in [-0.4, -0.2) is 16.1 Å². The van der Waals surface area contributed by atoms with Crippen molar-refractivity contribution in [2.75, 3.05) is 0 Å². The number of aromatic amines is 1. The summed E-state index contributed by atoms with van der Waals surface area (Å²) in [5.41, 5.74) is 2.29. The molecule has 0 bridgehead atoms. The molecule has 25 heavy (non-hydrogen) atoms. The van der Waals surface area contributed by atoms with Crippen molar-refractivity contribution < 1.29 is 9.21 Å². The van der Waals surface area contributed by atoms with Crippen molar-refractivity contribution in [3.8, 4) is 17.3 Å². The van der Waals surface area contributed by atoms with Crippen molar-refractivity contribution in [2.24, 2.45) is 0 Å². The van der Waals surface area contributed by atoms with Crippen molar-refractivity contribution in [3.63, 3.8) is 0 Å². The Labute approximate surface area is 152 Å². The Hall–Kier alpha value is -3.11. The van der Waals surface area contributed by atoms with E-state index in [0.29, 0.717) is 11.3 Å². The topological polar surface area (TPSA) is 94.7 Å². The fraction of sp³-hybridized carbons (Fsp3) is 0.0556. The van der Waals surface area contributed by atoms with Crippen LogP contribution in [0.4, 0.5) is 0 Å². The Kier molecular flexibility index (Phi) is 5.11. The predicted octanol–water partition coefficient (Wildman–Crippen LogP) is 3.66. The molecule has 2 heterocycles. The van der Waals surface area contributed by atoms with Crippen molar-refractivity contribution in [2.45, 2.75) is 6.54 Å². The van der Waals surface area contributed by atoms with Crippen LogP contribution in [0.1, 0.15) is 11.3 Å². The summed E-state index contributed by atoms with van der Waals surface area (Å²) in [6.45, 7) is 0.218. The van der Waals surface area contributed by atoms with E-state index in [9.17, 15) is 10.1 Å². The highest BCUT2D eigenvalue weighted by molar-refractivity contribution is 9.10. The zero-order valence-corrected chi connectivity index (χ0v) is 14.6. The normalized spacial score (nSPS) is 11.1. The van der Waals surface area contributed by atoms with Crippen LogP contribution in [0.15, 0.2) is 63.3 Å². The average Bonchev–Trinajstić information content (AvgIpc) is 3.30. The molecule has 1 amide bonds. The molecule has 2 N–H and O–H groups in total. The van der Waals surface area contributed by atoms with E-state index >= 15 is 0 Å². The van der Waals surface area contributed by atoms with Gasteiger partial charge in [0.15, 0.2) is 0 Å². The molecule has 0 atom stereocenters. The number of nitrogens with zero attached hydrogens (tertiary/aromatic N) is 2. The Morgan fingerprint density at radius 3 is 2.84 bits per heavy atom. The smallest absolute Gasteiger partial charge is 0.262 e. The molecule has 0 aliphatic carbocycles. The van der Waals surface area contributed by atoms with Crippen LogP contribution in [0.3, 0.4) is 0 Å². The van der Waals surface area contributed by atoms with Crippen molar-refractivity contribution >= 4 is 27.9 Å². The number of nitriles is 1. The maximum Gasteiger partial charge on any atom is 0.262 e. The van der Waals surface area contributed by atoms with Crippen LogP contribution >= 0.6 is 15.9 Å². The molecule has 3 aromatic rings. The van der Waals surface area contributed by atoms with Crippen LogP contribution in [-0.2, 0) is 11.3 Å². The minimum atomic E-state index is -0.471. The first-order valence-corrected chi connectivity index (χ1v) is 8.18. The van der Waals surface area contributed by atoms with Crippen molar-refractivity contribution in [1.82, 2.24) is 15.5 Å². The van der Waals surface area contributed by atoms with Gasteiger partial charge in [-0.2, -0.15) is 10.4 Å². The molecule has 7 heteroatoms. The SMILES string of the molecule is N#C/C(=C\c1cn[nH]c1-c1ccc(Br)cc1)C(=O)NCc1ccco1. The first-order valence-electron chi connectivity index (χ1n) is 7.39. The van der Waals surface area contributed by atoms with Gasteiger partial charge in [0.05, 0.1) is 24.7 Å². The molecular formula is C18H13BrN4O2. The third-order valence-electron chi connectivity index (χ3n) is 3.47. The molecule has 2 aromatic heterocycles. The number of H-pyrrole nitrogens is 1. The molecule has 124 valence electrons. The lowest BCUT2D eigenvalue weighted by molar-refractivity contribution is -0.117. The van der Waals surface area contributed by atoms with E-state index in [1.165, 1.54) is 12.3 Å². The lowest BCUT2D eigenvalue weighted by atomic mass is 10.1. The fourth-order valence-corrected chi connectivity index (χ4v) is 2.50. The van der Waals surface area contributed by atoms with Crippen molar-refractivity contribution in [1.29, 1.82) is 5.26 Å². The van der Waals surface area contributed by atoms with E-state index in [1.807, 2.05) is 30.3 Å². The molecule has 0 aliphatic rings. The number of aromatic nitrogens is 2. The molecule has 0 spiro atoms. The fourth-order valence-electron chi connectivity index (χ4n) is 2.23. The molecule has 3 rings (SSSR count). The maximum absolute atomic E-state index is 12.2. The number of amides is 1. The Bertz CT molecular complexity index is 934. The zero-order chi connectivity index (χ0) is 17.6. The number of rotatable bonds is 5. The van der Waals surface area contributed by atoms with E-state index in [1.54, 1.807) is 18.3 Å². The third-order valence-corrected chi connectivity index (χ3v) is 4.00. The molecule has 1 aromatic carbocycles. The van der Waals surface area contributed by atoms with Gasteiger partial charge < -0.3 is 9.73 Å². The maximum atomic E-state index is 12.2. The number of hydrogen-bond acceptors (Lipinski definition) is 4. The highest BCUT2D eigenvalue weighted by Gasteiger charge is 2.12. The third kappa shape index (κ3) is 4.05. The van der Waals surface area contributed by atoms with Gasteiger partial charge >= 0.3 is 0 Å². The van der Waals surface area contributed by atoms with E-state index in [-0.39, 0.29) is 12.1 Å². The minimum absolute atomic E-state index is 0.00804. The Morgan fingerprint density at radius 2 is 2.16 bits per heavy atom. The van der Waals surface area contributed by atoms with Gasteiger partial charge in [-0.1, -0.05) is 28.1 Å². The van der Waals surface area contributed by atoms with Gasteiger partial charge in [-0.15, -0.1) is 0 Å². The van der Waals surface area contributed by atoms with Gasteiger partial charge in [0.25, 0.3) is 5.91 Å². The van der Waals surface area contributed by atoms with Gasteiger partial charge in [-0.25, -0.2) is 0 Å². The summed E-state index contributed by atoms with van der Waals surface area (Å²) in [6.07, 6.45) is 4.62. The van der Waals surface area contributed by atoms with Gasteiger partial charge in [0.2, 0.25) is 0 Å². The number of nitrogens with one attached hydrogen (secondary N) is 2. The molecule has 0 fully saturated rings.